The molecule has 3 nitrogen and oxygen atoms in total. The Morgan fingerprint density at radius 1 is 1.53 bits per heavy atom. The minimum atomic E-state index is 0.477. The van der Waals surface area contributed by atoms with E-state index in [-0.39, 0.29) is 0 Å². The van der Waals surface area contributed by atoms with Gasteiger partial charge in [-0.05, 0) is 43.3 Å². The zero-order valence-electron chi connectivity index (χ0n) is 11.5. The number of hydrogen-bond donors (Lipinski definition) is 1. The number of nitrogens with zero attached hydrogens (tertiary/aromatic N) is 1. The van der Waals surface area contributed by atoms with Crippen LogP contribution in [0.4, 0.5) is 0 Å². The van der Waals surface area contributed by atoms with Crippen molar-refractivity contribution in [3.05, 3.63) is 45.0 Å². The third kappa shape index (κ3) is 2.36. The van der Waals surface area contributed by atoms with Crippen LogP contribution in [0.1, 0.15) is 40.5 Å². The Bertz CT molecular complexity index is 572. The highest BCUT2D eigenvalue weighted by Crippen LogP contribution is 2.34. The number of fused-ring (bicyclic) bond motifs is 1. The number of furan rings is 1. The van der Waals surface area contributed by atoms with Crippen molar-refractivity contribution < 1.29 is 4.42 Å². The van der Waals surface area contributed by atoms with E-state index in [1.807, 2.05) is 18.3 Å². The lowest BCUT2D eigenvalue weighted by Crippen LogP contribution is -2.32. The lowest BCUT2D eigenvalue weighted by molar-refractivity contribution is 0.190. The summed E-state index contributed by atoms with van der Waals surface area (Å²) in [6.07, 6.45) is 1.16. The average Bonchev–Trinajstić information content (AvgIpc) is 3.00. The molecule has 3 heterocycles. The van der Waals surface area contributed by atoms with Crippen molar-refractivity contribution in [1.82, 2.24) is 4.90 Å². The zero-order valence-corrected chi connectivity index (χ0v) is 12.3. The fourth-order valence-electron chi connectivity index (χ4n) is 2.84. The van der Waals surface area contributed by atoms with Crippen LogP contribution in [0.15, 0.2) is 21.9 Å². The average molecular weight is 276 g/mol. The first-order valence-electron chi connectivity index (χ1n) is 6.77. The molecule has 2 N–H and O–H groups in total. The monoisotopic (exact) mass is 276 g/mol. The van der Waals surface area contributed by atoms with Gasteiger partial charge in [-0.2, -0.15) is 0 Å². The fraction of sp³-hybridized carbons (Fsp3) is 0.467. The van der Waals surface area contributed by atoms with Crippen LogP contribution in [0.5, 0.6) is 0 Å². The first-order chi connectivity index (χ1) is 9.19. The van der Waals surface area contributed by atoms with Gasteiger partial charge in [0.25, 0.3) is 0 Å². The highest BCUT2D eigenvalue weighted by Gasteiger charge is 2.25. The normalized spacial score (nSPS) is 19.6. The Morgan fingerprint density at radius 2 is 2.37 bits per heavy atom. The fourth-order valence-corrected chi connectivity index (χ4v) is 3.80. The van der Waals surface area contributed by atoms with Crippen molar-refractivity contribution >= 4 is 11.3 Å². The molecule has 1 unspecified atom stereocenters. The van der Waals surface area contributed by atoms with Crippen molar-refractivity contribution in [2.45, 2.75) is 39.4 Å². The van der Waals surface area contributed by atoms with E-state index in [0.29, 0.717) is 12.6 Å². The highest BCUT2D eigenvalue weighted by atomic mass is 32.1. The summed E-state index contributed by atoms with van der Waals surface area (Å²) < 4.78 is 5.65. The quantitative estimate of drug-likeness (QED) is 0.936. The van der Waals surface area contributed by atoms with Gasteiger partial charge in [0.1, 0.15) is 11.5 Å². The molecule has 0 aliphatic carbocycles. The number of aryl methyl sites for hydroxylation is 1. The van der Waals surface area contributed by atoms with Crippen LogP contribution in [0.25, 0.3) is 0 Å². The van der Waals surface area contributed by atoms with E-state index in [9.17, 15) is 0 Å². The van der Waals surface area contributed by atoms with E-state index in [2.05, 4.69) is 29.3 Å². The topological polar surface area (TPSA) is 42.4 Å². The molecule has 0 aromatic carbocycles. The second-order valence-corrected chi connectivity index (χ2v) is 6.19. The predicted molar refractivity (Wildman–Crippen MR) is 78.2 cm³/mol. The van der Waals surface area contributed by atoms with Crippen molar-refractivity contribution in [3.63, 3.8) is 0 Å². The zero-order chi connectivity index (χ0) is 13.4. The molecule has 2 aromatic rings. The van der Waals surface area contributed by atoms with Gasteiger partial charge in [-0.25, -0.2) is 0 Å². The maximum atomic E-state index is 5.65. The van der Waals surface area contributed by atoms with Gasteiger partial charge in [-0.15, -0.1) is 11.3 Å². The van der Waals surface area contributed by atoms with E-state index in [4.69, 9.17) is 10.2 Å². The minimum absolute atomic E-state index is 0.477. The van der Waals surface area contributed by atoms with Crippen LogP contribution < -0.4 is 5.73 Å². The first-order valence-corrected chi connectivity index (χ1v) is 7.65. The Balaban J connectivity index is 1.79. The van der Waals surface area contributed by atoms with E-state index in [1.165, 1.54) is 11.1 Å². The molecule has 3 rings (SSSR count). The SMILES string of the molecule is Cc1oc(CN)cc1CN1CCc2sccc2C1C. The number of rotatable bonds is 3. The molecule has 102 valence electrons. The summed E-state index contributed by atoms with van der Waals surface area (Å²) in [5.41, 5.74) is 8.40. The maximum Gasteiger partial charge on any atom is 0.118 e. The van der Waals surface area contributed by atoms with Gasteiger partial charge in [0.05, 0.1) is 6.54 Å². The molecular formula is C15H20N2OS. The molecule has 0 bridgehead atoms. The lowest BCUT2D eigenvalue weighted by atomic mass is 10.0. The van der Waals surface area contributed by atoms with Crippen molar-refractivity contribution in [1.29, 1.82) is 0 Å². The standard InChI is InChI=1S/C15H20N2OS/c1-10-14-4-6-19-15(14)3-5-17(10)9-12-7-13(8-16)18-11(12)2/h4,6-7,10H,3,5,8-9,16H2,1-2H3. The third-order valence-corrected chi connectivity index (χ3v) is 5.05. The van der Waals surface area contributed by atoms with Crippen LogP contribution >= 0.6 is 11.3 Å². The summed E-state index contributed by atoms with van der Waals surface area (Å²) in [7, 11) is 0. The molecule has 2 aromatic heterocycles. The minimum Gasteiger partial charge on any atom is -0.465 e. The van der Waals surface area contributed by atoms with Crippen molar-refractivity contribution in [3.8, 4) is 0 Å². The van der Waals surface area contributed by atoms with Gasteiger partial charge in [-0.1, -0.05) is 0 Å². The Morgan fingerprint density at radius 3 is 3.11 bits per heavy atom. The number of nitrogens with two attached hydrogens (primary N) is 1. The van der Waals surface area contributed by atoms with Gasteiger partial charge in [0.2, 0.25) is 0 Å². The van der Waals surface area contributed by atoms with Crippen LogP contribution in [0, 0.1) is 6.92 Å². The second-order valence-electron chi connectivity index (χ2n) is 5.19. The van der Waals surface area contributed by atoms with Gasteiger partial charge >= 0.3 is 0 Å². The molecule has 4 heteroatoms. The number of thiophene rings is 1. The van der Waals surface area contributed by atoms with Crippen LogP contribution in [-0.2, 0) is 19.5 Å². The lowest BCUT2D eigenvalue weighted by Gasteiger charge is -2.33. The summed E-state index contributed by atoms with van der Waals surface area (Å²) in [6.45, 7) is 6.87. The van der Waals surface area contributed by atoms with Gasteiger partial charge in [0, 0.05) is 29.6 Å². The Labute approximate surface area is 118 Å². The molecule has 0 saturated heterocycles. The molecule has 0 radical (unpaired) electrons. The largest absolute Gasteiger partial charge is 0.465 e. The molecule has 0 fully saturated rings. The molecule has 1 aliphatic rings. The third-order valence-electron chi connectivity index (χ3n) is 4.05. The molecule has 0 saturated carbocycles. The summed E-state index contributed by atoms with van der Waals surface area (Å²) in [5, 5.41) is 2.21. The summed E-state index contributed by atoms with van der Waals surface area (Å²) in [5.74, 6) is 1.89. The molecule has 1 aliphatic heterocycles. The van der Waals surface area contributed by atoms with E-state index >= 15 is 0 Å². The van der Waals surface area contributed by atoms with Gasteiger partial charge in [0.15, 0.2) is 0 Å². The Kier molecular flexibility index (Phi) is 3.48. The number of hydrogen-bond acceptors (Lipinski definition) is 4. The van der Waals surface area contributed by atoms with Crippen molar-refractivity contribution in [2.75, 3.05) is 6.54 Å². The Hall–Kier alpha value is -1.10. The van der Waals surface area contributed by atoms with Gasteiger partial charge in [-0.3, -0.25) is 4.90 Å². The van der Waals surface area contributed by atoms with E-state index in [0.717, 1.165) is 31.0 Å². The van der Waals surface area contributed by atoms with E-state index in [1.54, 1.807) is 4.88 Å². The molecule has 0 spiro atoms. The maximum absolute atomic E-state index is 5.65. The molecular weight excluding hydrogens is 256 g/mol. The van der Waals surface area contributed by atoms with Crippen LogP contribution in [0.3, 0.4) is 0 Å². The van der Waals surface area contributed by atoms with Crippen LogP contribution in [0.2, 0.25) is 0 Å². The second kappa shape index (κ2) is 5.12. The summed E-state index contributed by atoms with van der Waals surface area (Å²) in [4.78, 5) is 4.07. The highest BCUT2D eigenvalue weighted by molar-refractivity contribution is 7.10. The van der Waals surface area contributed by atoms with Crippen molar-refractivity contribution in [2.24, 2.45) is 5.73 Å². The van der Waals surface area contributed by atoms with E-state index < -0.39 is 0 Å². The summed E-state index contributed by atoms with van der Waals surface area (Å²) >= 11 is 1.89. The molecule has 1 atom stereocenters. The van der Waals surface area contributed by atoms with Gasteiger partial charge < -0.3 is 10.2 Å². The predicted octanol–water partition coefficient (Wildman–Crippen LogP) is 3.23. The first kappa shape index (κ1) is 12.9. The molecule has 19 heavy (non-hydrogen) atoms. The van der Waals surface area contributed by atoms with Crippen LogP contribution in [-0.4, -0.2) is 11.4 Å². The molecule has 0 amide bonds. The smallest absolute Gasteiger partial charge is 0.118 e. The summed E-state index contributed by atoms with van der Waals surface area (Å²) in [6, 6.07) is 4.86.